The molecule has 11 heteroatoms. The third-order valence-corrected chi connectivity index (χ3v) is 6.02. The van der Waals surface area contributed by atoms with Gasteiger partial charge in [0.05, 0.1) is 5.69 Å². The van der Waals surface area contributed by atoms with Crippen molar-refractivity contribution in [3.05, 3.63) is 84.1 Å². The third-order valence-electron chi connectivity index (χ3n) is 6.02. The molecular weight excluding hydrogens is 541 g/mol. The first kappa shape index (κ1) is 29.9. The summed E-state index contributed by atoms with van der Waals surface area (Å²) in [7, 11) is 0. The number of hydrogen-bond donors (Lipinski definition) is 2. The molecule has 0 saturated carbocycles. The summed E-state index contributed by atoms with van der Waals surface area (Å²) < 4.78 is 26.7. The summed E-state index contributed by atoms with van der Waals surface area (Å²) in [6.45, 7) is 8.46. The Morgan fingerprint density at radius 3 is 2.45 bits per heavy atom. The minimum atomic E-state index is -0.865. The molecule has 4 rings (SSSR count). The van der Waals surface area contributed by atoms with Gasteiger partial charge >= 0.3 is 12.2 Å². The fourth-order valence-corrected chi connectivity index (χ4v) is 4.05. The van der Waals surface area contributed by atoms with Gasteiger partial charge in [0.25, 0.3) is 0 Å². The van der Waals surface area contributed by atoms with Crippen LogP contribution in [0.15, 0.2) is 61.1 Å². The monoisotopic (exact) mass is 572 g/mol. The number of nitrogens with zero attached hydrogens (tertiary/aromatic N) is 3. The molecule has 0 saturated heterocycles. The number of pyridine rings is 2. The Morgan fingerprint density at radius 1 is 1.05 bits per heavy atom. The minimum Gasteiger partial charge on any atom is -0.444 e. The van der Waals surface area contributed by atoms with E-state index in [0.29, 0.717) is 16.5 Å². The second kappa shape index (κ2) is 12.6. The fraction of sp³-hybridized carbons (Fsp3) is 0.258. The van der Waals surface area contributed by atoms with Crippen molar-refractivity contribution in [3.8, 4) is 11.1 Å². The van der Waals surface area contributed by atoms with E-state index in [9.17, 15) is 14.4 Å². The summed E-state index contributed by atoms with van der Waals surface area (Å²) in [5.74, 6) is -1.14. The van der Waals surface area contributed by atoms with Crippen LogP contribution in [0.4, 0.5) is 25.5 Å². The van der Waals surface area contributed by atoms with E-state index in [0.717, 1.165) is 10.6 Å². The maximum atomic E-state index is 16.0. The molecule has 10 nitrogen and oxygen atoms in total. The van der Waals surface area contributed by atoms with Crippen molar-refractivity contribution in [2.45, 2.75) is 53.2 Å². The van der Waals surface area contributed by atoms with Crippen LogP contribution in [-0.4, -0.2) is 33.7 Å². The lowest BCUT2D eigenvalue weighted by molar-refractivity contribution is -0.119. The van der Waals surface area contributed by atoms with E-state index >= 15 is 4.39 Å². The SMILES string of the molecule is CCC(=O)N(NC(=O)OCc1ccccc1)c1cc2cc(-c3cnc[c]c3C)c(F)c(NC(=O)OC(C)(C)C)c2cn1. The number of aryl methyl sites for hydroxylation is 1. The first-order chi connectivity index (χ1) is 20.0. The number of halogens is 1. The summed E-state index contributed by atoms with van der Waals surface area (Å²) in [6, 6.07) is 15.1. The van der Waals surface area contributed by atoms with E-state index in [1.165, 1.54) is 24.7 Å². The van der Waals surface area contributed by atoms with Crippen molar-refractivity contribution in [2.24, 2.45) is 0 Å². The molecule has 0 unspecified atom stereocenters. The van der Waals surface area contributed by atoms with Crippen LogP contribution in [0.25, 0.3) is 21.9 Å². The fourth-order valence-electron chi connectivity index (χ4n) is 4.05. The molecular formula is C31H31FN5O5. The average Bonchev–Trinajstić information content (AvgIpc) is 2.95. The van der Waals surface area contributed by atoms with Crippen LogP contribution >= 0.6 is 0 Å². The number of benzene rings is 2. The molecule has 0 aliphatic rings. The Kier molecular flexibility index (Phi) is 8.99. The summed E-state index contributed by atoms with van der Waals surface area (Å²) in [5, 5.41) is 4.14. The molecule has 42 heavy (non-hydrogen) atoms. The zero-order valence-electron chi connectivity index (χ0n) is 23.9. The van der Waals surface area contributed by atoms with Crippen LogP contribution in [-0.2, 0) is 20.9 Å². The van der Waals surface area contributed by atoms with Crippen LogP contribution in [0.3, 0.4) is 0 Å². The minimum absolute atomic E-state index is 0.00418. The van der Waals surface area contributed by atoms with Gasteiger partial charge in [0.1, 0.15) is 12.2 Å². The summed E-state index contributed by atoms with van der Waals surface area (Å²) >= 11 is 0. The Balaban J connectivity index is 1.75. The number of aromatic nitrogens is 2. The van der Waals surface area contributed by atoms with Crippen LogP contribution in [0, 0.1) is 18.8 Å². The molecule has 0 spiro atoms. The molecule has 4 aromatic rings. The van der Waals surface area contributed by atoms with E-state index < -0.39 is 29.5 Å². The Labute approximate surface area is 242 Å². The summed E-state index contributed by atoms with van der Waals surface area (Å²) in [4.78, 5) is 46.5. The lowest BCUT2D eigenvalue weighted by atomic mass is 9.98. The number of carbonyl (C=O) groups is 3. The predicted molar refractivity (Wildman–Crippen MR) is 156 cm³/mol. The van der Waals surface area contributed by atoms with Gasteiger partial charge in [-0.25, -0.2) is 24.4 Å². The van der Waals surface area contributed by atoms with Crippen LogP contribution < -0.4 is 15.8 Å². The summed E-state index contributed by atoms with van der Waals surface area (Å²) in [6.07, 6.45) is 2.59. The van der Waals surface area contributed by atoms with Gasteiger partial charge in [-0.15, -0.1) is 0 Å². The number of carbonyl (C=O) groups excluding carboxylic acids is 3. The number of hydrogen-bond acceptors (Lipinski definition) is 7. The van der Waals surface area contributed by atoms with Crippen LogP contribution in [0.2, 0.25) is 0 Å². The average molecular weight is 573 g/mol. The van der Waals surface area contributed by atoms with Crippen LogP contribution in [0.5, 0.6) is 0 Å². The van der Waals surface area contributed by atoms with Crippen molar-refractivity contribution < 1.29 is 28.2 Å². The molecule has 0 aliphatic carbocycles. The molecule has 0 atom stereocenters. The van der Waals surface area contributed by atoms with Gasteiger partial charge in [-0.2, -0.15) is 5.01 Å². The number of anilines is 2. The normalized spacial score (nSPS) is 11.1. The number of amides is 3. The van der Waals surface area contributed by atoms with Gasteiger partial charge < -0.3 is 9.47 Å². The highest BCUT2D eigenvalue weighted by molar-refractivity contribution is 6.05. The zero-order valence-corrected chi connectivity index (χ0v) is 23.9. The quantitative estimate of drug-likeness (QED) is 0.254. The van der Waals surface area contributed by atoms with Crippen molar-refractivity contribution in [2.75, 3.05) is 10.3 Å². The second-order valence-corrected chi connectivity index (χ2v) is 10.4. The van der Waals surface area contributed by atoms with Gasteiger partial charge in [0, 0.05) is 47.6 Å². The lowest BCUT2D eigenvalue weighted by Crippen LogP contribution is -2.47. The molecule has 1 radical (unpaired) electrons. The molecule has 2 aromatic carbocycles. The molecule has 217 valence electrons. The Morgan fingerprint density at radius 2 is 1.79 bits per heavy atom. The van der Waals surface area contributed by atoms with Crippen molar-refractivity contribution >= 4 is 40.4 Å². The number of rotatable bonds is 6. The summed E-state index contributed by atoms with van der Waals surface area (Å²) in [5.41, 5.74) is 3.44. The Hall–Kier alpha value is -5.06. The highest BCUT2D eigenvalue weighted by Crippen LogP contribution is 2.37. The molecule has 2 heterocycles. The zero-order chi connectivity index (χ0) is 30.4. The van der Waals surface area contributed by atoms with E-state index in [1.54, 1.807) is 52.8 Å². The first-order valence-electron chi connectivity index (χ1n) is 13.2. The topological polar surface area (TPSA) is 123 Å². The van der Waals surface area contributed by atoms with E-state index in [-0.39, 0.29) is 35.5 Å². The molecule has 2 N–H and O–H groups in total. The smallest absolute Gasteiger partial charge is 0.426 e. The molecule has 3 amide bonds. The number of nitrogens with one attached hydrogen (secondary N) is 2. The number of ether oxygens (including phenoxy) is 2. The van der Waals surface area contributed by atoms with Gasteiger partial charge in [0.15, 0.2) is 11.6 Å². The first-order valence-corrected chi connectivity index (χ1v) is 13.2. The van der Waals surface area contributed by atoms with E-state index in [2.05, 4.69) is 26.8 Å². The highest BCUT2D eigenvalue weighted by atomic mass is 19.1. The van der Waals surface area contributed by atoms with Gasteiger partial charge in [0.2, 0.25) is 5.91 Å². The van der Waals surface area contributed by atoms with Gasteiger partial charge in [-0.1, -0.05) is 37.3 Å². The third kappa shape index (κ3) is 7.17. The standard InChI is InChI=1S/C31H31FN5O5/c1-6-26(38)37(36-30(40)41-18-20-10-8-7-9-11-20)25-15-21-14-22(23-16-33-13-12-19(23)2)27(32)28(24(21)17-34-25)35-29(39)42-31(3,4)5/h7-11,13-17H,6,18H2,1-5H3,(H,35,39)(H,36,40). The predicted octanol–water partition coefficient (Wildman–Crippen LogP) is 6.48. The maximum absolute atomic E-state index is 16.0. The van der Waals surface area contributed by atoms with E-state index in [4.69, 9.17) is 9.47 Å². The molecule has 0 aliphatic heterocycles. The number of hydrazine groups is 1. The van der Waals surface area contributed by atoms with E-state index in [1.807, 2.05) is 18.2 Å². The van der Waals surface area contributed by atoms with Crippen molar-refractivity contribution in [1.29, 1.82) is 0 Å². The van der Waals surface area contributed by atoms with Gasteiger partial charge in [-0.05, 0) is 56.3 Å². The maximum Gasteiger partial charge on any atom is 0.426 e. The van der Waals surface area contributed by atoms with Crippen molar-refractivity contribution in [3.63, 3.8) is 0 Å². The van der Waals surface area contributed by atoms with Crippen LogP contribution in [0.1, 0.15) is 45.2 Å². The highest BCUT2D eigenvalue weighted by Gasteiger charge is 2.24. The largest absolute Gasteiger partial charge is 0.444 e. The lowest BCUT2D eigenvalue weighted by Gasteiger charge is -2.23. The van der Waals surface area contributed by atoms with Crippen molar-refractivity contribution in [1.82, 2.24) is 15.4 Å². The number of fused-ring (bicyclic) bond motifs is 1. The molecule has 0 fully saturated rings. The molecule has 0 bridgehead atoms. The van der Waals surface area contributed by atoms with Gasteiger partial charge in [-0.3, -0.25) is 15.1 Å². The second-order valence-electron chi connectivity index (χ2n) is 10.4. The molecule has 2 aromatic heterocycles. The Bertz CT molecular complexity index is 1620.